The fourth-order valence-corrected chi connectivity index (χ4v) is 2.33. The zero-order valence-electron chi connectivity index (χ0n) is 11.4. The fourth-order valence-electron chi connectivity index (χ4n) is 1.90. The van der Waals surface area contributed by atoms with Crippen LogP contribution in [0, 0.1) is 0 Å². The third-order valence-electron chi connectivity index (χ3n) is 3.24. The molecule has 21 heavy (non-hydrogen) atoms. The highest BCUT2D eigenvalue weighted by atomic mass is 79.9. The first-order chi connectivity index (χ1) is 10.2. The summed E-state index contributed by atoms with van der Waals surface area (Å²) in [4.78, 5) is 16.4. The van der Waals surface area contributed by atoms with Gasteiger partial charge in [0.2, 0.25) is 5.89 Å². The molecule has 0 atom stereocenters. The molecule has 1 aliphatic rings. The SMILES string of the molecule is COc1ccc(Br)c(C(=O)NCc2nc(C3CC3)no2)c1. The van der Waals surface area contributed by atoms with Gasteiger partial charge in [-0.15, -0.1) is 0 Å². The largest absolute Gasteiger partial charge is 0.497 e. The summed E-state index contributed by atoms with van der Waals surface area (Å²) in [5, 5.41) is 6.67. The fraction of sp³-hybridized carbons (Fsp3) is 0.357. The summed E-state index contributed by atoms with van der Waals surface area (Å²) in [6, 6.07) is 5.22. The summed E-state index contributed by atoms with van der Waals surface area (Å²) in [5.74, 6) is 1.99. The maximum absolute atomic E-state index is 12.2. The monoisotopic (exact) mass is 351 g/mol. The van der Waals surface area contributed by atoms with Crippen LogP contribution in [-0.4, -0.2) is 23.2 Å². The lowest BCUT2D eigenvalue weighted by molar-refractivity contribution is 0.0945. The van der Waals surface area contributed by atoms with Crippen LogP contribution in [0.3, 0.4) is 0 Å². The van der Waals surface area contributed by atoms with Gasteiger partial charge in [-0.2, -0.15) is 4.98 Å². The Labute approximate surface area is 130 Å². The molecule has 0 unspecified atom stereocenters. The molecule has 3 rings (SSSR count). The molecule has 0 aliphatic heterocycles. The highest BCUT2D eigenvalue weighted by Crippen LogP contribution is 2.38. The average Bonchev–Trinajstić information content (AvgIpc) is 3.24. The normalized spacial score (nSPS) is 14.0. The van der Waals surface area contributed by atoms with Gasteiger partial charge in [-0.05, 0) is 47.0 Å². The van der Waals surface area contributed by atoms with Crippen LogP contribution >= 0.6 is 15.9 Å². The Morgan fingerprint density at radius 3 is 3.05 bits per heavy atom. The van der Waals surface area contributed by atoms with Crippen molar-refractivity contribution >= 4 is 21.8 Å². The van der Waals surface area contributed by atoms with E-state index in [0.29, 0.717) is 27.6 Å². The Morgan fingerprint density at radius 1 is 1.52 bits per heavy atom. The van der Waals surface area contributed by atoms with E-state index in [1.807, 2.05) is 0 Å². The van der Waals surface area contributed by atoms with E-state index in [2.05, 4.69) is 31.4 Å². The van der Waals surface area contributed by atoms with Gasteiger partial charge in [-0.25, -0.2) is 0 Å². The number of halogens is 1. The number of carbonyl (C=O) groups excluding carboxylic acids is 1. The minimum atomic E-state index is -0.230. The Bertz CT molecular complexity index is 667. The van der Waals surface area contributed by atoms with Gasteiger partial charge in [-0.3, -0.25) is 4.79 Å². The molecule has 1 fully saturated rings. The Balaban J connectivity index is 1.65. The average molecular weight is 352 g/mol. The second-order valence-corrected chi connectivity index (χ2v) is 5.70. The van der Waals surface area contributed by atoms with E-state index in [9.17, 15) is 4.79 Å². The zero-order chi connectivity index (χ0) is 14.8. The molecule has 0 bridgehead atoms. The van der Waals surface area contributed by atoms with Crippen LogP contribution in [0.25, 0.3) is 0 Å². The first kappa shape index (κ1) is 14.1. The molecule has 110 valence electrons. The van der Waals surface area contributed by atoms with Crippen molar-refractivity contribution in [2.75, 3.05) is 7.11 Å². The number of nitrogens with zero attached hydrogens (tertiary/aromatic N) is 2. The van der Waals surface area contributed by atoms with Crippen LogP contribution in [0.1, 0.15) is 40.8 Å². The second-order valence-electron chi connectivity index (χ2n) is 4.85. The minimum absolute atomic E-state index is 0.211. The molecule has 7 heteroatoms. The number of aromatic nitrogens is 2. The molecule has 1 saturated carbocycles. The van der Waals surface area contributed by atoms with E-state index in [-0.39, 0.29) is 12.5 Å². The van der Waals surface area contributed by atoms with E-state index >= 15 is 0 Å². The predicted molar refractivity (Wildman–Crippen MR) is 78.1 cm³/mol. The van der Waals surface area contributed by atoms with Crippen molar-refractivity contribution in [2.24, 2.45) is 0 Å². The Morgan fingerprint density at radius 2 is 2.33 bits per heavy atom. The van der Waals surface area contributed by atoms with E-state index in [1.165, 1.54) is 0 Å². The van der Waals surface area contributed by atoms with E-state index in [1.54, 1.807) is 25.3 Å². The summed E-state index contributed by atoms with van der Waals surface area (Å²) in [7, 11) is 1.56. The molecule has 1 amide bonds. The number of nitrogens with one attached hydrogen (secondary N) is 1. The van der Waals surface area contributed by atoms with Gasteiger partial charge in [-0.1, -0.05) is 5.16 Å². The number of ether oxygens (including phenoxy) is 1. The minimum Gasteiger partial charge on any atom is -0.497 e. The molecule has 0 radical (unpaired) electrons. The summed E-state index contributed by atoms with van der Waals surface area (Å²) in [5.41, 5.74) is 0.497. The zero-order valence-corrected chi connectivity index (χ0v) is 13.0. The molecule has 6 nitrogen and oxygen atoms in total. The number of benzene rings is 1. The summed E-state index contributed by atoms with van der Waals surface area (Å²) in [6.07, 6.45) is 2.23. The van der Waals surface area contributed by atoms with Gasteiger partial charge < -0.3 is 14.6 Å². The highest BCUT2D eigenvalue weighted by molar-refractivity contribution is 9.10. The van der Waals surface area contributed by atoms with Crippen molar-refractivity contribution < 1.29 is 14.1 Å². The van der Waals surface area contributed by atoms with Gasteiger partial charge >= 0.3 is 0 Å². The van der Waals surface area contributed by atoms with E-state index in [4.69, 9.17) is 9.26 Å². The molecule has 0 spiro atoms. The van der Waals surface area contributed by atoms with Crippen LogP contribution in [0.2, 0.25) is 0 Å². The van der Waals surface area contributed by atoms with Crippen molar-refractivity contribution in [3.8, 4) is 5.75 Å². The molecular weight excluding hydrogens is 338 g/mol. The van der Waals surface area contributed by atoms with Gasteiger partial charge in [0.05, 0.1) is 19.2 Å². The Kier molecular flexibility index (Phi) is 3.92. The van der Waals surface area contributed by atoms with Gasteiger partial charge in [0.1, 0.15) is 5.75 Å². The highest BCUT2D eigenvalue weighted by Gasteiger charge is 2.28. The Hall–Kier alpha value is -1.89. The molecule has 1 aromatic heterocycles. The van der Waals surface area contributed by atoms with Crippen molar-refractivity contribution in [2.45, 2.75) is 25.3 Å². The lowest BCUT2D eigenvalue weighted by atomic mass is 10.2. The topological polar surface area (TPSA) is 77.2 Å². The lowest BCUT2D eigenvalue weighted by Crippen LogP contribution is -2.23. The summed E-state index contributed by atoms with van der Waals surface area (Å²) >= 11 is 3.35. The van der Waals surface area contributed by atoms with Crippen LogP contribution in [-0.2, 0) is 6.54 Å². The second kappa shape index (κ2) is 5.85. The van der Waals surface area contributed by atoms with Crippen molar-refractivity contribution in [1.29, 1.82) is 0 Å². The van der Waals surface area contributed by atoms with Crippen molar-refractivity contribution in [1.82, 2.24) is 15.5 Å². The molecule has 0 saturated heterocycles. The third kappa shape index (κ3) is 3.24. The van der Waals surface area contributed by atoms with Crippen molar-refractivity contribution in [3.05, 3.63) is 40.0 Å². The molecule has 1 heterocycles. The molecule has 1 aliphatic carbocycles. The van der Waals surface area contributed by atoms with Crippen LogP contribution in [0.4, 0.5) is 0 Å². The quantitative estimate of drug-likeness (QED) is 0.895. The van der Waals surface area contributed by atoms with Crippen LogP contribution in [0.5, 0.6) is 5.75 Å². The van der Waals surface area contributed by atoms with Gasteiger partial charge in [0.15, 0.2) is 5.82 Å². The summed E-state index contributed by atoms with van der Waals surface area (Å²) < 4.78 is 10.9. The number of hydrogen-bond donors (Lipinski definition) is 1. The summed E-state index contributed by atoms with van der Waals surface area (Å²) in [6.45, 7) is 0.211. The number of carbonyl (C=O) groups is 1. The van der Waals surface area contributed by atoms with Crippen LogP contribution in [0.15, 0.2) is 27.2 Å². The molecule has 1 aromatic carbocycles. The first-order valence-electron chi connectivity index (χ1n) is 6.61. The van der Waals surface area contributed by atoms with Gasteiger partial charge in [0.25, 0.3) is 5.91 Å². The smallest absolute Gasteiger partial charge is 0.252 e. The number of hydrogen-bond acceptors (Lipinski definition) is 5. The molecule has 1 N–H and O–H groups in total. The van der Waals surface area contributed by atoms with Gasteiger partial charge in [0, 0.05) is 10.4 Å². The van der Waals surface area contributed by atoms with E-state index < -0.39 is 0 Å². The maximum atomic E-state index is 12.2. The van der Waals surface area contributed by atoms with Crippen LogP contribution < -0.4 is 10.1 Å². The van der Waals surface area contributed by atoms with Crippen molar-refractivity contribution in [3.63, 3.8) is 0 Å². The first-order valence-corrected chi connectivity index (χ1v) is 7.41. The third-order valence-corrected chi connectivity index (χ3v) is 3.94. The molecular formula is C14H14BrN3O3. The van der Waals surface area contributed by atoms with E-state index in [0.717, 1.165) is 18.7 Å². The standard InChI is InChI=1S/C14H14BrN3O3/c1-20-9-4-5-11(15)10(6-9)14(19)16-7-12-17-13(18-21-12)8-2-3-8/h4-6,8H,2-3,7H2,1H3,(H,16,19). The number of methoxy groups -OCH3 is 1. The maximum Gasteiger partial charge on any atom is 0.252 e. The number of rotatable bonds is 5. The molecule has 2 aromatic rings. The lowest BCUT2D eigenvalue weighted by Gasteiger charge is -2.07. The predicted octanol–water partition coefficient (Wildman–Crippen LogP) is 2.65. The number of amides is 1.